The molecule has 2 nitrogen and oxygen atoms in total. The van der Waals surface area contributed by atoms with Crippen LogP contribution in [0, 0.1) is 10.5 Å². The highest BCUT2D eigenvalue weighted by molar-refractivity contribution is 14.1. The van der Waals surface area contributed by atoms with E-state index < -0.39 is 0 Å². The Morgan fingerprint density at radius 1 is 1.27 bits per heavy atom. The highest BCUT2D eigenvalue weighted by Crippen LogP contribution is 2.43. The fourth-order valence-electron chi connectivity index (χ4n) is 2.97. The number of hydrogen-bond donors (Lipinski definition) is 0. The average Bonchev–Trinajstić information content (AvgIpc) is 3.27. The summed E-state index contributed by atoms with van der Waals surface area (Å²) in [5.74, 6) is 0.667. The number of fused-ring (bicyclic) bond motifs is 1. The van der Waals surface area contributed by atoms with Gasteiger partial charge in [-0.15, -0.1) is 0 Å². The van der Waals surface area contributed by atoms with E-state index in [1.807, 2.05) is 0 Å². The molecule has 2 aromatic carbocycles. The molecule has 1 heterocycles. The molecule has 0 saturated heterocycles. The molecule has 0 N–H and O–H groups in total. The Kier molecular flexibility index (Phi) is 3.77. The van der Waals surface area contributed by atoms with Gasteiger partial charge in [0.2, 0.25) is 0 Å². The highest BCUT2D eigenvalue weighted by Gasteiger charge is 2.29. The van der Waals surface area contributed by atoms with E-state index in [2.05, 4.69) is 86.5 Å². The molecule has 4 heteroatoms. The molecule has 4 rings (SSSR count). The monoisotopic (exact) mass is 466 g/mol. The molecule has 112 valence electrons. The Labute approximate surface area is 152 Å². The number of benzene rings is 2. The lowest BCUT2D eigenvalue weighted by Crippen LogP contribution is -2.05. The van der Waals surface area contributed by atoms with Crippen LogP contribution in [-0.4, -0.2) is 9.78 Å². The first-order chi connectivity index (χ1) is 10.6. The summed E-state index contributed by atoms with van der Waals surface area (Å²) in [5, 5.41) is 6.28. The Balaban J connectivity index is 1.86. The summed E-state index contributed by atoms with van der Waals surface area (Å²) in [4.78, 5) is 0. The first kappa shape index (κ1) is 14.7. The van der Waals surface area contributed by atoms with Crippen LogP contribution in [0.4, 0.5) is 0 Å². The maximum absolute atomic E-state index is 4.96. The van der Waals surface area contributed by atoms with Crippen LogP contribution in [0.5, 0.6) is 0 Å². The lowest BCUT2D eigenvalue weighted by atomic mass is 10.1. The van der Waals surface area contributed by atoms with Crippen molar-refractivity contribution in [3.05, 3.63) is 61.3 Å². The summed E-state index contributed by atoms with van der Waals surface area (Å²) in [6.45, 7) is 3.02. The first-order valence-corrected chi connectivity index (χ1v) is 9.40. The highest BCUT2D eigenvalue weighted by atomic mass is 127. The third kappa shape index (κ3) is 2.60. The summed E-state index contributed by atoms with van der Waals surface area (Å²) in [5.41, 5.74) is 5.22. The van der Waals surface area contributed by atoms with Crippen LogP contribution in [0.2, 0.25) is 0 Å². The smallest absolute Gasteiger partial charge is 0.0734 e. The Morgan fingerprint density at radius 2 is 2.09 bits per heavy atom. The second kappa shape index (κ2) is 5.64. The number of nitrogens with zero attached hydrogens (tertiary/aromatic N) is 2. The zero-order valence-electron chi connectivity index (χ0n) is 12.3. The van der Waals surface area contributed by atoms with E-state index in [1.165, 1.54) is 44.1 Å². The molecular weight excluding hydrogens is 451 g/mol. The molecule has 1 aliphatic carbocycles. The zero-order chi connectivity index (χ0) is 15.3. The molecule has 0 bridgehead atoms. The molecule has 1 aliphatic rings. The van der Waals surface area contributed by atoms with Gasteiger partial charge in [-0.05, 0) is 77.7 Å². The summed E-state index contributed by atoms with van der Waals surface area (Å²) in [6, 6.07) is 13.0. The van der Waals surface area contributed by atoms with Crippen LogP contribution >= 0.6 is 38.5 Å². The third-order valence-electron chi connectivity index (χ3n) is 4.37. The molecule has 0 spiro atoms. The molecule has 0 unspecified atom stereocenters. The van der Waals surface area contributed by atoms with E-state index in [-0.39, 0.29) is 0 Å². The molecule has 0 atom stereocenters. The quantitative estimate of drug-likeness (QED) is 0.457. The second-order valence-electron chi connectivity index (χ2n) is 6.01. The van der Waals surface area contributed by atoms with E-state index >= 15 is 0 Å². The largest absolute Gasteiger partial charge is 0.260 e. The number of aryl methyl sites for hydroxylation is 1. The summed E-state index contributed by atoms with van der Waals surface area (Å²) < 4.78 is 4.60. The molecule has 0 radical (unpaired) electrons. The maximum Gasteiger partial charge on any atom is 0.0734 e. The van der Waals surface area contributed by atoms with Crippen LogP contribution in [0.3, 0.4) is 0 Å². The van der Waals surface area contributed by atoms with Crippen LogP contribution in [0.1, 0.15) is 35.6 Å². The van der Waals surface area contributed by atoms with Crippen LogP contribution in [-0.2, 0) is 6.54 Å². The summed E-state index contributed by atoms with van der Waals surface area (Å²) in [7, 11) is 0. The average molecular weight is 467 g/mol. The van der Waals surface area contributed by atoms with Gasteiger partial charge in [-0.1, -0.05) is 28.1 Å². The van der Waals surface area contributed by atoms with Crippen molar-refractivity contribution < 1.29 is 0 Å². The SMILES string of the molecule is Cc1cccc(I)c1Cn1nc(C2CC2)c2ccc(Br)cc21. The Hall–Kier alpha value is -0.880. The minimum atomic E-state index is 0.667. The summed E-state index contributed by atoms with van der Waals surface area (Å²) >= 11 is 6.03. The van der Waals surface area contributed by atoms with E-state index in [1.54, 1.807) is 0 Å². The van der Waals surface area contributed by atoms with Gasteiger partial charge >= 0.3 is 0 Å². The van der Waals surface area contributed by atoms with Crippen molar-refractivity contribution in [2.45, 2.75) is 32.2 Å². The van der Waals surface area contributed by atoms with Crippen molar-refractivity contribution >= 4 is 49.4 Å². The maximum atomic E-state index is 4.96. The molecule has 22 heavy (non-hydrogen) atoms. The van der Waals surface area contributed by atoms with Crippen LogP contribution in [0.15, 0.2) is 40.9 Å². The topological polar surface area (TPSA) is 17.8 Å². The predicted octanol–water partition coefficient (Wildman–Crippen LogP) is 5.64. The van der Waals surface area contributed by atoms with Gasteiger partial charge < -0.3 is 0 Å². The van der Waals surface area contributed by atoms with Gasteiger partial charge in [0, 0.05) is 19.3 Å². The molecule has 0 aliphatic heterocycles. The van der Waals surface area contributed by atoms with E-state index in [9.17, 15) is 0 Å². The Bertz CT molecular complexity index is 845. The van der Waals surface area contributed by atoms with E-state index in [0.29, 0.717) is 5.92 Å². The van der Waals surface area contributed by atoms with Crippen LogP contribution < -0.4 is 0 Å². The van der Waals surface area contributed by atoms with Crippen molar-refractivity contribution in [1.82, 2.24) is 9.78 Å². The standard InChI is InChI=1S/C18H16BrIN2/c1-11-3-2-4-16(20)15(11)10-22-17-9-13(19)7-8-14(17)18(21-22)12-5-6-12/h2-4,7-9,12H,5-6,10H2,1H3. The minimum absolute atomic E-state index is 0.667. The van der Waals surface area contributed by atoms with Gasteiger partial charge in [0.05, 0.1) is 17.8 Å². The lowest BCUT2D eigenvalue weighted by molar-refractivity contribution is 0.689. The van der Waals surface area contributed by atoms with Crippen molar-refractivity contribution in [3.8, 4) is 0 Å². The molecular formula is C18H16BrIN2. The zero-order valence-corrected chi connectivity index (χ0v) is 16.1. The number of rotatable bonds is 3. The van der Waals surface area contributed by atoms with Crippen molar-refractivity contribution in [3.63, 3.8) is 0 Å². The molecule has 0 amide bonds. The number of halogens is 2. The van der Waals surface area contributed by atoms with Gasteiger partial charge in [0.15, 0.2) is 0 Å². The molecule has 1 fully saturated rings. The van der Waals surface area contributed by atoms with Gasteiger partial charge in [-0.3, -0.25) is 4.68 Å². The minimum Gasteiger partial charge on any atom is -0.260 e. The first-order valence-electron chi connectivity index (χ1n) is 7.53. The number of aromatic nitrogens is 2. The van der Waals surface area contributed by atoms with Crippen molar-refractivity contribution in [1.29, 1.82) is 0 Å². The Morgan fingerprint density at radius 3 is 2.82 bits per heavy atom. The second-order valence-corrected chi connectivity index (χ2v) is 8.09. The lowest BCUT2D eigenvalue weighted by Gasteiger charge is -2.10. The normalized spacial score (nSPS) is 14.7. The molecule has 1 saturated carbocycles. The van der Waals surface area contributed by atoms with Gasteiger partial charge in [0.1, 0.15) is 0 Å². The van der Waals surface area contributed by atoms with E-state index in [0.717, 1.165) is 11.0 Å². The van der Waals surface area contributed by atoms with E-state index in [4.69, 9.17) is 5.10 Å². The van der Waals surface area contributed by atoms with Crippen LogP contribution in [0.25, 0.3) is 10.9 Å². The van der Waals surface area contributed by atoms with Gasteiger partial charge in [0.25, 0.3) is 0 Å². The fourth-order valence-corrected chi connectivity index (χ4v) is 4.12. The predicted molar refractivity (Wildman–Crippen MR) is 102 cm³/mol. The van der Waals surface area contributed by atoms with Gasteiger partial charge in [-0.2, -0.15) is 5.10 Å². The fraction of sp³-hybridized carbons (Fsp3) is 0.278. The third-order valence-corrected chi connectivity index (χ3v) is 5.87. The summed E-state index contributed by atoms with van der Waals surface area (Å²) in [6.07, 6.45) is 2.56. The molecule has 1 aromatic heterocycles. The van der Waals surface area contributed by atoms with Gasteiger partial charge in [-0.25, -0.2) is 0 Å². The molecule has 3 aromatic rings. The van der Waals surface area contributed by atoms with Crippen molar-refractivity contribution in [2.75, 3.05) is 0 Å². The van der Waals surface area contributed by atoms with Crippen molar-refractivity contribution in [2.24, 2.45) is 0 Å². The number of hydrogen-bond acceptors (Lipinski definition) is 1.